The second-order valence-electron chi connectivity index (χ2n) is 8.04. The van der Waals surface area contributed by atoms with Gasteiger partial charge in [0.1, 0.15) is 5.76 Å². The summed E-state index contributed by atoms with van der Waals surface area (Å²) in [6, 6.07) is 8.96. The fourth-order valence-corrected chi connectivity index (χ4v) is 4.40. The number of carbonyl (C=O) groups is 1. The first-order valence-corrected chi connectivity index (χ1v) is 9.78. The second kappa shape index (κ2) is 7.26. The summed E-state index contributed by atoms with van der Waals surface area (Å²) in [5.41, 5.74) is 1.93. The number of aliphatic hydroxyl groups is 2. The molecule has 2 aromatic rings. The van der Waals surface area contributed by atoms with Crippen LogP contribution in [0.1, 0.15) is 36.8 Å². The molecule has 3 N–H and O–H groups in total. The maximum absolute atomic E-state index is 13.7. The van der Waals surface area contributed by atoms with Gasteiger partial charge in [-0.1, -0.05) is 18.2 Å². The Bertz CT molecular complexity index is 1010. The van der Waals surface area contributed by atoms with Crippen LogP contribution in [0.4, 0.5) is 8.78 Å². The zero-order valence-corrected chi connectivity index (χ0v) is 16.1. The summed E-state index contributed by atoms with van der Waals surface area (Å²) in [6.45, 7) is 1.95. The van der Waals surface area contributed by atoms with Crippen LogP contribution in [-0.4, -0.2) is 28.3 Å². The van der Waals surface area contributed by atoms with E-state index in [-0.39, 0.29) is 29.8 Å². The van der Waals surface area contributed by atoms with E-state index < -0.39 is 17.2 Å². The fourth-order valence-electron chi connectivity index (χ4n) is 4.40. The van der Waals surface area contributed by atoms with E-state index in [0.717, 1.165) is 30.5 Å². The molecular weight excluding hydrogens is 376 g/mol. The molecule has 29 heavy (non-hydrogen) atoms. The molecule has 1 heterocycles. The first-order chi connectivity index (χ1) is 13.8. The molecule has 2 aromatic carbocycles. The Morgan fingerprint density at radius 3 is 2.38 bits per heavy atom. The predicted octanol–water partition coefficient (Wildman–Crippen LogP) is 4.26. The van der Waals surface area contributed by atoms with E-state index in [1.807, 2.05) is 6.92 Å². The number of amides is 1. The molecule has 0 bridgehead atoms. The van der Waals surface area contributed by atoms with Gasteiger partial charge in [0.25, 0.3) is 5.91 Å². The third kappa shape index (κ3) is 3.31. The number of benzene rings is 2. The minimum atomic E-state index is -0.940. The van der Waals surface area contributed by atoms with Gasteiger partial charge in [0, 0.05) is 6.61 Å². The summed E-state index contributed by atoms with van der Waals surface area (Å²) in [5.74, 6) is -1.98. The summed E-state index contributed by atoms with van der Waals surface area (Å²) >= 11 is 0. The molecule has 1 spiro atoms. The molecule has 0 atom stereocenters. The van der Waals surface area contributed by atoms with Gasteiger partial charge >= 0.3 is 0 Å². The number of nitrogens with one attached hydrogen (secondary N) is 1. The van der Waals surface area contributed by atoms with Crippen LogP contribution in [-0.2, 0) is 4.79 Å². The third-order valence-corrected chi connectivity index (χ3v) is 6.25. The van der Waals surface area contributed by atoms with Gasteiger partial charge in [0.2, 0.25) is 0 Å². The van der Waals surface area contributed by atoms with Crippen LogP contribution >= 0.6 is 0 Å². The third-order valence-electron chi connectivity index (χ3n) is 6.25. The minimum absolute atomic E-state index is 0.0319. The topological polar surface area (TPSA) is 69.6 Å². The van der Waals surface area contributed by atoms with Gasteiger partial charge in [0.15, 0.2) is 11.6 Å². The smallest absolute Gasteiger partial charge is 0.256 e. The molecule has 0 radical (unpaired) electrons. The molecular formula is C23H23F2NO3. The maximum atomic E-state index is 13.7. The Morgan fingerprint density at radius 2 is 1.72 bits per heavy atom. The highest BCUT2D eigenvalue weighted by Gasteiger charge is 2.47. The van der Waals surface area contributed by atoms with Gasteiger partial charge in [0.05, 0.1) is 11.1 Å². The Labute approximate surface area is 167 Å². The molecule has 2 aliphatic rings. The van der Waals surface area contributed by atoms with Crippen molar-refractivity contribution in [2.75, 3.05) is 6.61 Å². The molecule has 152 valence electrons. The zero-order chi connectivity index (χ0) is 20.8. The monoisotopic (exact) mass is 399 g/mol. The van der Waals surface area contributed by atoms with Crippen molar-refractivity contribution >= 4 is 11.5 Å². The van der Waals surface area contributed by atoms with E-state index in [0.29, 0.717) is 29.5 Å². The molecule has 1 aliphatic heterocycles. The van der Waals surface area contributed by atoms with Crippen molar-refractivity contribution in [3.05, 3.63) is 64.9 Å². The summed E-state index contributed by atoms with van der Waals surface area (Å²) in [5, 5.41) is 23.4. The number of rotatable bonds is 3. The second-order valence-corrected chi connectivity index (χ2v) is 8.04. The van der Waals surface area contributed by atoms with Crippen LogP contribution in [0.2, 0.25) is 0 Å². The van der Waals surface area contributed by atoms with Gasteiger partial charge in [-0.15, -0.1) is 0 Å². The first-order valence-electron chi connectivity index (χ1n) is 9.78. The van der Waals surface area contributed by atoms with E-state index in [9.17, 15) is 23.8 Å². The van der Waals surface area contributed by atoms with Crippen LogP contribution in [0, 0.1) is 24.5 Å². The lowest BCUT2D eigenvalue weighted by atomic mass is 9.76. The van der Waals surface area contributed by atoms with Crippen molar-refractivity contribution in [2.24, 2.45) is 5.92 Å². The standard InChI is InChI=1S/C23H23F2NO3/c1-13-2-3-15(16-4-5-18(24)19(25)11-16)10-17(13)20-21(28)23(26-22(20)29)8-6-14(12-27)7-9-23/h2-5,10-11,14,27-28H,6-9,12H2,1H3,(H,26,29). The lowest BCUT2D eigenvalue weighted by molar-refractivity contribution is -0.116. The summed E-state index contributed by atoms with van der Waals surface area (Å²) < 4.78 is 26.9. The Morgan fingerprint density at radius 1 is 1.07 bits per heavy atom. The number of carbonyl (C=O) groups excluding carboxylic acids is 1. The van der Waals surface area contributed by atoms with Crippen LogP contribution in [0.3, 0.4) is 0 Å². The highest BCUT2D eigenvalue weighted by Crippen LogP contribution is 2.43. The van der Waals surface area contributed by atoms with E-state index in [4.69, 9.17) is 0 Å². The van der Waals surface area contributed by atoms with E-state index in [1.165, 1.54) is 6.07 Å². The van der Waals surface area contributed by atoms with Gasteiger partial charge in [-0.05, 0) is 79.0 Å². The van der Waals surface area contributed by atoms with E-state index >= 15 is 0 Å². The average molecular weight is 399 g/mol. The van der Waals surface area contributed by atoms with E-state index in [2.05, 4.69) is 5.32 Å². The van der Waals surface area contributed by atoms with Crippen molar-refractivity contribution in [2.45, 2.75) is 38.1 Å². The Kier molecular flexibility index (Phi) is 4.90. The van der Waals surface area contributed by atoms with Gasteiger partial charge in [-0.2, -0.15) is 0 Å². The predicted molar refractivity (Wildman–Crippen MR) is 106 cm³/mol. The molecule has 4 rings (SSSR count). The van der Waals surface area contributed by atoms with Gasteiger partial charge in [-0.25, -0.2) is 8.78 Å². The normalized spacial score (nSPS) is 24.3. The Hall–Kier alpha value is -2.73. The van der Waals surface area contributed by atoms with Crippen LogP contribution in [0.25, 0.3) is 16.7 Å². The highest BCUT2D eigenvalue weighted by atomic mass is 19.2. The maximum Gasteiger partial charge on any atom is 0.256 e. The van der Waals surface area contributed by atoms with Crippen LogP contribution in [0.15, 0.2) is 42.2 Å². The number of hydrogen-bond acceptors (Lipinski definition) is 3. The van der Waals surface area contributed by atoms with Gasteiger partial charge in [-0.3, -0.25) is 4.79 Å². The molecule has 4 nitrogen and oxygen atoms in total. The minimum Gasteiger partial charge on any atom is -0.509 e. The number of halogens is 2. The lowest BCUT2D eigenvalue weighted by Gasteiger charge is -2.36. The van der Waals surface area contributed by atoms with Crippen LogP contribution < -0.4 is 5.32 Å². The van der Waals surface area contributed by atoms with Crippen molar-refractivity contribution in [1.29, 1.82) is 0 Å². The molecule has 0 aromatic heterocycles. The molecule has 1 aliphatic carbocycles. The largest absolute Gasteiger partial charge is 0.509 e. The Balaban J connectivity index is 1.75. The highest BCUT2D eigenvalue weighted by molar-refractivity contribution is 6.23. The lowest BCUT2D eigenvalue weighted by Crippen LogP contribution is -2.47. The van der Waals surface area contributed by atoms with Crippen molar-refractivity contribution in [3.63, 3.8) is 0 Å². The molecule has 0 unspecified atom stereocenters. The molecule has 1 amide bonds. The quantitative estimate of drug-likeness (QED) is 0.722. The summed E-state index contributed by atoms with van der Waals surface area (Å²) in [4.78, 5) is 12.8. The van der Waals surface area contributed by atoms with Crippen molar-refractivity contribution in [3.8, 4) is 11.1 Å². The number of hydrogen-bond donors (Lipinski definition) is 3. The number of aryl methyl sites for hydroxylation is 1. The van der Waals surface area contributed by atoms with Crippen molar-refractivity contribution < 1.29 is 23.8 Å². The van der Waals surface area contributed by atoms with Gasteiger partial charge < -0.3 is 15.5 Å². The van der Waals surface area contributed by atoms with E-state index in [1.54, 1.807) is 18.2 Å². The summed E-state index contributed by atoms with van der Waals surface area (Å²) in [7, 11) is 0. The zero-order valence-electron chi connectivity index (χ0n) is 16.1. The SMILES string of the molecule is Cc1ccc(-c2ccc(F)c(F)c2)cc1C1=C(O)C2(CCC(CO)CC2)NC1=O. The molecule has 6 heteroatoms. The first kappa shape index (κ1) is 19.6. The molecule has 1 fully saturated rings. The van der Waals surface area contributed by atoms with Crippen molar-refractivity contribution in [1.82, 2.24) is 5.32 Å². The molecule has 0 saturated heterocycles. The summed E-state index contributed by atoms with van der Waals surface area (Å²) in [6.07, 6.45) is 2.59. The number of aliphatic hydroxyl groups excluding tert-OH is 2. The molecule has 1 saturated carbocycles. The average Bonchev–Trinajstić information content (AvgIpc) is 2.95. The van der Waals surface area contributed by atoms with Crippen LogP contribution in [0.5, 0.6) is 0 Å². The fraction of sp³-hybridized carbons (Fsp3) is 0.348.